The van der Waals surface area contributed by atoms with Gasteiger partial charge in [0, 0.05) is 13.1 Å². The van der Waals surface area contributed by atoms with Crippen molar-refractivity contribution in [3.05, 3.63) is 5.82 Å². The number of rotatable bonds is 3. The van der Waals surface area contributed by atoms with Gasteiger partial charge in [-0.25, -0.2) is 4.79 Å². The van der Waals surface area contributed by atoms with Crippen LogP contribution >= 0.6 is 0 Å². The van der Waals surface area contributed by atoms with E-state index in [9.17, 15) is 9.59 Å². The van der Waals surface area contributed by atoms with E-state index in [1.54, 1.807) is 11.8 Å². The molecule has 3 N–H and O–H groups in total. The van der Waals surface area contributed by atoms with Crippen molar-refractivity contribution in [3.8, 4) is 0 Å². The summed E-state index contributed by atoms with van der Waals surface area (Å²) in [5.41, 5.74) is 0. The van der Waals surface area contributed by atoms with Gasteiger partial charge in [-0.1, -0.05) is 5.21 Å². The molecule has 9 nitrogen and oxygen atoms in total. The van der Waals surface area contributed by atoms with Gasteiger partial charge < -0.3 is 15.3 Å². The van der Waals surface area contributed by atoms with Gasteiger partial charge in [-0.2, -0.15) is 5.21 Å². The first-order valence-corrected chi connectivity index (χ1v) is 6.09. The topological polar surface area (TPSA) is 124 Å². The summed E-state index contributed by atoms with van der Waals surface area (Å²) >= 11 is 0. The van der Waals surface area contributed by atoms with Crippen LogP contribution in [0.3, 0.4) is 0 Å². The van der Waals surface area contributed by atoms with Crippen LogP contribution in [0, 0.1) is 5.92 Å². The fraction of sp³-hybridized carbons (Fsp3) is 0.700. The Labute approximate surface area is 109 Å². The number of hydrogen-bond donors (Lipinski definition) is 3. The van der Waals surface area contributed by atoms with E-state index in [0.29, 0.717) is 31.8 Å². The number of hydrogen-bond acceptors (Lipinski definition) is 5. The molecular weight excluding hydrogens is 252 g/mol. The van der Waals surface area contributed by atoms with Gasteiger partial charge in [0.2, 0.25) is 0 Å². The molecule has 2 amide bonds. The van der Waals surface area contributed by atoms with E-state index >= 15 is 0 Å². The number of carbonyl (C=O) groups is 2. The standard InChI is InChI=1S/C10H16N6O3/c1-6(8-12-14-15-13-8)11-10(19)16-4-2-7(3-5-16)9(17)18/h6-7H,2-5H2,1H3,(H,11,19)(H,17,18)(H,12,13,14,15). The van der Waals surface area contributed by atoms with Crippen molar-refractivity contribution in [2.24, 2.45) is 5.92 Å². The molecule has 1 aromatic heterocycles. The average molecular weight is 268 g/mol. The number of aromatic nitrogens is 4. The summed E-state index contributed by atoms with van der Waals surface area (Å²) in [6.45, 7) is 2.65. The molecule has 1 saturated heterocycles. The third-order valence-corrected chi connectivity index (χ3v) is 3.22. The predicted octanol–water partition coefficient (Wildman–Crippen LogP) is -0.233. The van der Waals surface area contributed by atoms with Gasteiger partial charge in [-0.15, -0.1) is 10.2 Å². The minimum Gasteiger partial charge on any atom is -0.481 e. The minimum atomic E-state index is -0.791. The first-order valence-electron chi connectivity index (χ1n) is 6.09. The number of H-pyrrole nitrogens is 1. The normalized spacial score (nSPS) is 18.1. The molecule has 2 rings (SSSR count). The first kappa shape index (κ1) is 13.2. The number of carboxylic acids is 1. The maximum absolute atomic E-state index is 12.0. The smallest absolute Gasteiger partial charge is 0.317 e. The van der Waals surface area contributed by atoms with E-state index in [0.717, 1.165) is 0 Å². The van der Waals surface area contributed by atoms with E-state index in [1.807, 2.05) is 0 Å². The molecule has 0 aliphatic carbocycles. The summed E-state index contributed by atoms with van der Waals surface area (Å²) in [5, 5.41) is 25.0. The molecule has 19 heavy (non-hydrogen) atoms. The van der Waals surface area contributed by atoms with E-state index in [1.165, 1.54) is 0 Å². The van der Waals surface area contributed by atoms with E-state index in [2.05, 4.69) is 25.9 Å². The van der Waals surface area contributed by atoms with Gasteiger partial charge in [0.05, 0.1) is 12.0 Å². The fourth-order valence-corrected chi connectivity index (χ4v) is 2.02. The van der Waals surface area contributed by atoms with Crippen molar-refractivity contribution in [1.82, 2.24) is 30.8 Å². The molecule has 2 heterocycles. The van der Waals surface area contributed by atoms with Gasteiger partial charge in [0.15, 0.2) is 5.82 Å². The van der Waals surface area contributed by atoms with Gasteiger partial charge in [0.25, 0.3) is 0 Å². The Bertz CT molecular complexity index is 440. The van der Waals surface area contributed by atoms with Crippen LogP contribution in [0.4, 0.5) is 4.79 Å². The van der Waals surface area contributed by atoms with Crippen molar-refractivity contribution in [1.29, 1.82) is 0 Å². The second-order valence-corrected chi connectivity index (χ2v) is 4.54. The lowest BCUT2D eigenvalue weighted by atomic mass is 9.97. The Morgan fingerprint density at radius 2 is 2.16 bits per heavy atom. The number of amides is 2. The number of nitrogens with zero attached hydrogens (tertiary/aromatic N) is 4. The van der Waals surface area contributed by atoms with Gasteiger partial charge >= 0.3 is 12.0 Å². The Morgan fingerprint density at radius 1 is 1.47 bits per heavy atom. The van der Waals surface area contributed by atoms with Crippen molar-refractivity contribution >= 4 is 12.0 Å². The lowest BCUT2D eigenvalue weighted by molar-refractivity contribution is -0.143. The molecule has 1 aliphatic rings. The average Bonchev–Trinajstić information content (AvgIpc) is 2.92. The van der Waals surface area contributed by atoms with Crippen LogP contribution < -0.4 is 5.32 Å². The van der Waals surface area contributed by atoms with Crippen LogP contribution in [0.15, 0.2) is 0 Å². The van der Waals surface area contributed by atoms with Gasteiger partial charge in [0.1, 0.15) is 0 Å². The largest absolute Gasteiger partial charge is 0.481 e. The predicted molar refractivity (Wildman–Crippen MR) is 63.1 cm³/mol. The number of urea groups is 1. The maximum atomic E-state index is 12.0. The molecule has 1 aromatic rings. The van der Waals surface area contributed by atoms with Crippen LogP contribution in [0.1, 0.15) is 31.6 Å². The van der Waals surface area contributed by atoms with Crippen LogP contribution in [0.5, 0.6) is 0 Å². The Morgan fingerprint density at radius 3 is 2.68 bits per heavy atom. The summed E-state index contributed by atoms with van der Waals surface area (Å²) in [7, 11) is 0. The number of carbonyl (C=O) groups excluding carboxylic acids is 1. The quantitative estimate of drug-likeness (QED) is 0.695. The van der Waals surface area contributed by atoms with Crippen molar-refractivity contribution in [2.45, 2.75) is 25.8 Å². The molecule has 1 unspecified atom stereocenters. The van der Waals surface area contributed by atoms with E-state index in [-0.39, 0.29) is 18.0 Å². The zero-order chi connectivity index (χ0) is 13.8. The summed E-state index contributed by atoms with van der Waals surface area (Å²) in [4.78, 5) is 24.4. The zero-order valence-electron chi connectivity index (χ0n) is 10.5. The summed E-state index contributed by atoms with van der Waals surface area (Å²) in [5.74, 6) is -0.729. The monoisotopic (exact) mass is 268 g/mol. The van der Waals surface area contributed by atoms with Crippen molar-refractivity contribution in [2.75, 3.05) is 13.1 Å². The highest BCUT2D eigenvalue weighted by atomic mass is 16.4. The third kappa shape index (κ3) is 3.18. The second kappa shape index (κ2) is 5.63. The molecule has 1 aliphatic heterocycles. The Balaban J connectivity index is 1.83. The number of nitrogens with one attached hydrogen (secondary N) is 2. The molecule has 1 atom stereocenters. The maximum Gasteiger partial charge on any atom is 0.317 e. The van der Waals surface area contributed by atoms with Crippen LogP contribution in [0.25, 0.3) is 0 Å². The second-order valence-electron chi connectivity index (χ2n) is 4.54. The fourth-order valence-electron chi connectivity index (χ4n) is 2.02. The summed E-state index contributed by atoms with van der Waals surface area (Å²) in [6.07, 6.45) is 0.971. The first-order chi connectivity index (χ1) is 9.08. The lowest BCUT2D eigenvalue weighted by Gasteiger charge is -2.30. The number of carboxylic acid groups (broad SMARTS) is 1. The molecule has 0 spiro atoms. The van der Waals surface area contributed by atoms with Gasteiger partial charge in [-0.05, 0) is 19.8 Å². The molecule has 0 radical (unpaired) electrons. The molecular formula is C10H16N6O3. The number of likely N-dealkylation sites (tertiary alicyclic amines) is 1. The van der Waals surface area contributed by atoms with E-state index < -0.39 is 5.97 Å². The zero-order valence-corrected chi connectivity index (χ0v) is 10.5. The molecule has 104 valence electrons. The molecule has 0 bridgehead atoms. The SMILES string of the molecule is CC(NC(=O)N1CCC(C(=O)O)CC1)c1nn[nH]n1. The number of tetrazole rings is 1. The summed E-state index contributed by atoms with van der Waals surface area (Å²) < 4.78 is 0. The number of aromatic amines is 1. The molecule has 0 saturated carbocycles. The van der Waals surface area contributed by atoms with Crippen molar-refractivity contribution < 1.29 is 14.7 Å². The van der Waals surface area contributed by atoms with Crippen LogP contribution in [0.2, 0.25) is 0 Å². The molecule has 9 heteroatoms. The third-order valence-electron chi connectivity index (χ3n) is 3.22. The molecule has 1 fully saturated rings. The Hall–Kier alpha value is -2.19. The number of piperidine rings is 1. The van der Waals surface area contributed by atoms with E-state index in [4.69, 9.17) is 5.11 Å². The number of aliphatic carboxylic acids is 1. The van der Waals surface area contributed by atoms with Crippen molar-refractivity contribution in [3.63, 3.8) is 0 Å². The Kier molecular flexibility index (Phi) is 3.93. The van der Waals surface area contributed by atoms with Crippen LogP contribution in [-0.2, 0) is 4.79 Å². The van der Waals surface area contributed by atoms with Gasteiger partial charge in [-0.3, -0.25) is 4.79 Å². The molecule has 0 aromatic carbocycles. The highest BCUT2D eigenvalue weighted by Crippen LogP contribution is 2.17. The van der Waals surface area contributed by atoms with Crippen LogP contribution in [-0.4, -0.2) is 55.7 Å². The summed E-state index contributed by atoms with van der Waals surface area (Å²) in [6, 6.07) is -0.579. The lowest BCUT2D eigenvalue weighted by Crippen LogP contribution is -2.46. The highest BCUT2D eigenvalue weighted by molar-refractivity contribution is 5.75. The highest BCUT2D eigenvalue weighted by Gasteiger charge is 2.27. The minimum absolute atomic E-state index is 0.235.